The summed E-state index contributed by atoms with van der Waals surface area (Å²) >= 11 is 0. The van der Waals surface area contributed by atoms with Crippen LogP contribution in [0.3, 0.4) is 0 Å². The molecule has 0 aromatic heterocycles. The lowest BCUT2D eigenvalue weighted by Gasteiger charge is -2.10. The van der Waals surface area contributed by atoms with Crippen molar-refractivity contribution in [3.8, 4) is 11.5 Å². The molecular weight excluding hydrogens is 504 g/mol. The smallest absolute Gasteiger partial charge is 0.273 e. The summed E-state index contributed by atoms with van der Waals surface area (Å²) < 4.78 is 5.80. The number of carbonyl (C=O) groups excluding carboxylic acids is 2. The molecule has 4 aromatic carbocycles. The summed E-state index contributed by atoms with van der Waals surface area (Å²) in [6.07, 6.45) is 0. The van der Waals surface area contributed by atoms with Gasteiger partial charge in [0.05, 0.1) is 9.85 Å². The molecule has 11 nitrogen and oxygen atoms in total. The van der Waals surface area contributed by atoms with Crippen molar-refractivity contribution in [3.63, 3.8) is 0 Å². The Balaban J connectivity index is 1.36. The summed E-state index contributed by atoms with van der Waals surface area (Å²) in [7, 11) is 0. The van der Waals surface area contributed by atoms with E-state index in [4.69, 9.17) is 4.74 Å². The zero-order chi connectivity index (χ0) is 28.1. The molecule has 0 atom stereocenters. The van der Waals surface area contributed by atoms with E-state index in [0.29, 0.717) is 34.0 Å². The zero-order valence-electron chi connectivity index (χ0n) is 20.8. The van der Waals surface area contributed by atoms with Gasteiger partial charge in [-0.05, 0) is 74.5 Å². The van der Waals surface area contributed by atoms with Crippen LogP contribution in [0.25, 0.3) is 0 Å². The van der Waals surface area contributed by atoms with Crippen molar-refractivity contribution in [2.45, 2.75) is 13.8 Å². The molecule has 0 aliphatic rings. The highest BCUT2D eigenvalue weighted by Crippen LogP contribution is 2.26. The maximum absolute atomic E-state index is 12.5. The minimum Gasteiger partial charge on any atom is -0.457 e. The molecule has 39 heavy (non-hydrogen) atoms. The van der Waals surface area contributed by atoms with Crippen LogP contribution in [-0.4, -0.2) is 21.7 Å². The number of benzene rings is 4. The molecule has 0 aliphatic carbocycles. The second-order valence-corrected chi connectivity index (χ2v) is 8.58. The maximum atomic E-state index is 12.5. The Hall–Kier alpha value is -5.58. The maximum Gasteiger partial charge on any atom is 0.273 e. The molecule has 0 fully saturated rings. The number of nitrogens with zero attached hydrogens (tertiary/aromatic N) is 2. The van der Waals surface area contributed by atoms with Crippen LogP contribution in [0.1, 0.15) is 31.8 Å². The van der Waals surface area contributed by atoms with Gasteiger partial charge in [-0.3, -0.25) is 29.8 Å². The van der Waals surface area contributed by atoms with E-state index in [0.717, 1.165) is 0 Å². The number of amides is 2. The molecule has 0 bridgehead atoms. The Labute approximate surface area is 222 Å². The molecule has 196 valence electrons. The van der Waals surface area contributed by atoms with E-state index in [1.807, 2.05) is 0 Å². The number of hydrogen-bond donors (Lipinski definition) is 2. The van der Waals surface area contributed by atoms with Gasteiger partial charge in [0, 0.05) is 45.8 Å². The summed E-state index contributed by atoms with van der Waals surface area (Å²) in [6.45, 7) is 3.20. The summed E-state index contributed by atoms with van der Waals surface area (Å²) in [5, 5.41) is 27.6. The summed E-state index contributed by atoms with van der Waals surface area (Å²) in [6, 6.07) is 21.7. The van der Waals surface area contributed by atoms with Crippen LogP contribution >= 0.6 is 0 Å². The topological polar surface area (TPSA) is 154 Å². The second kappa shape index (κ2) is 11.2. The van der Waals surface area contributed by atoms with Crippen molar-refractivity contribution in [2.24, 2.45) is 0 Å². The third-order valence-electron chi connectivity index (χ3n) is 5.80. The van der Waals surface area contributed by atoms with Crippen molar-refractivity contribution in [1.29, 1.82) is 0 Å². The van der Waals surface area contributed by atoms with Crippen molar-refractivity contribution < 1.29 is 24.2 Å². The highest BCUT2D eigenvalue weighted by atomic mass is 16.6. The molecule has 0 heterocycles. The fraction of sp³-hybridized carbons (Fsp3) is 0.0714. The number of nitrogens with one attached hydrogen (secondary N) is 2. The Morgan fingerprint density at radius 2 is 0.974 bits per heavy atom. The van der Waals surface area contributed by atoms with Crippen LogP contribution in [0.15, 0.2) is 84.9 Å². The van der Waals surface area contributed by atoms with E-state index >= 15 is 0 Å². The molecule has 2 N–H and O–H groups in total. The van der Waals surface area contributed by atoms with Gasteiger partial charge in [0.15, 0.2) is 0 Å². The molecule has 2 amide bonds. The number of carbonyl (C=O) groups is 2. The summed E-state index contributed by atoms with van der Waals surface area (Å²) in [5.74, 6) is 0.0136. The number of ether oxygens (including phenoxy) is 1. The van der Waals surface area contributed by atoms with Crippen molar-refractivity contribution >= 4 is 34.6 Å². The Morgan fingerprint density at radius 3 is 1.31 bits per heavy atom. The Bertz CT molecular complexity index is 1460. The minimum absolute atomic E-state index is 0.129. The van der Waals surface area contributed by atoms with E-state index < -0.39 is 21.7 Å². The van der Waals surface area contributed by atoms with Crippen molar-refractivity contribution in [3.05, 3.63) is 127 Å². The first-order chi connectivity index (χ1) is 18.6. The first-order valence-electron chi connectivity index (χ1n) is 11.6. The largest absolute Gasteiger partial charge is 0.457 e. The van der Waals surface area contributed by atoms with Crippen LogP contribution in [-0.2, 0) is 0 Å². The molecule has 0 radical (unpaired) electrons. The van der Waals surface area contributed by atoms with Gasteiger partial charge < -0.3 is 15.4 Å². The lowest BCUT2D eigenvalue weighted by Crippen LogP contribution is -2.12. The molecule has 0 aliphatic heterocycles. The van der Waals surface area contributed by atoms with Gasteiger partial charge in [-0.1, -0.05) is 12.1 Å². The van der Waals surface area contributed by atoms with Gasteiger partial charge in [0.2, 0.25) is 0 Å². The third-order valence-corrected chi connectivity index (χ3v) is 5.80. The molecule has 0 saturated carbocycles. The first kappa shape index (κ1) is 26.5. The highest BCUT2D eigenvalue weighted by Gasteiger charge is 2.16. The average molecular weight is 527 g/mol. The number of nitro groups is 2. The predicted molar refractivity (Wildman–Crippen MR) is 145 cm³/mol. The van der Waals surface area contributed by atoms with Crippen LogP contribution in [0.4, 0.5) is 22.7 Å². The van der Waals surface area contributed by atoms with Crippen LogP contribution < -0.4 is 15.4 Å². The number of aryl methyl sites for hydroxylation is 2. The number of hydrogen-bond acceptors (Lipinski definition) is 7. The molecule has 4 rings (SSSR count). The highest BCUT2D eigenvalue weighted by molar-refractivity contribution is 6.05. The summed E-state index contributed by atoms with van der Waals surface area (Å²) in [4.78, 5) is 46.2. The zero-order valence-corrected chi connectivity index (χ0v) is 20.8. The van der Waals surface area contributed by atoms with Crippen molar-refractivity contribution in [1.82, 2.24) is 0 Å². The molecule has 11 heteroatoms. The third kappa shape index (κ3) is 6.41. The van der Waals surface area contributed by atoms with E-state index in [1.165, 1.54) is 36.4 Å². The van der Waals surface area contributed by atoms with E-state index in [-0.39, 0.29) is 22.5 Å². The van der Waals surface area contributed by atoms with Gasteiger partial charge in [-0.15, -0.1) is 0 Å². The van der Waals surface area contributed by atoms with E-state index in [1.54, 1.807) is 62.4 Å². The van der Waals surface area contributed by atoms with Crippen LogP contribution in [0.2, 0.25) is 0 Å². The quantitative estimate of drug-likeness (QED) is 0.198. The van der Waals surface area contributed by atoms with Crippen molar-refractivity contribution in [2.75, 3.05) is 10.6 Å². The first-order valence-corrected chi connectivity index (χ1v) is 11.6. The summed E-state index contributed by atoms with van der Waals surface area (Å²) in [5.41, 5.74) is 1.96. The Morgan fingerprint density at radius 1 is 0.615 bits per heavy atom. The second-order valence-electron chi connectivity index (χ2n) is 8.58. The molecule has 0 spiro atoms. The fourth-order valence-corrected chi connectivity index (χ4v) is 3.65. The number of anilines is 2. The minimum atomic E-state index is -0.531. The normalized spacial score (nSPS) is 10.4. The molecule has 0 saturated heterocycles. The van der Waals surface area contributed by atoms with Gasteiger partial charge in [-0.2, -0.15) is 0 Å². The fourth-order valence-electron chi connectivity index (χ4n) is 3.65. The van der Waals surface area contributed by atoms with Gasteiger partial charge in [-0.25, -0.2) is 0 Å². The number of rotatable bonds is 8. The van der Waals surface area contributed by atoms with Gasteiger partial charge >= 0.3 is 0 Å². The number of nitro benzene ring substituents is 2. The van der Waals surface area contributed by atoms with Crippen LogP contribution in [0.5, 0.6) is 11.5 Å². The van der Waals surface area contributed by atoms with Gasteiger partial charge in [0.1, 0.15) is 11.5 Å². The lowest BCUT2D eigenvalue weighted by molar-refractivity contribution is -0.385. The molecule has 4 aromatic rings. The standard InChI is InChI=1S/C28H22N4O7/c1-17-3-5-19(15-25(17)31(35)36)27(33)29-21-7-11-23(12-8-21)39-24-13-9-22(10-14-24)30-28(34)20-6-4-18(2)26(16-20)32(37)38/h3-16H,1-2H3,(H,29,33)(H,30,34). The van der Waals surface area contributed by atoms with Crippen LogP contribution in [0, 0.1) is 34.1 Å². The molecular formula is C28H22N4O7. The Kier molecular flexibility index (Phi) is 7.62. The molecule has 0 unspecified atom stereocenters. The lowest BCUT2D eigenvalue weighted by atomic mass is 10.1. The predicted octanol–water partition coefficient (Wildman–Crippen LogP) is 6.42. The average Bonchev–Trinajstić information content (AvgIpc) is 2.91. The monoisotopic (exact) mass is 526 g/mol. The van der Waals surface area contributed by atoms with E-state index in [9.17, 15) is 29.8 Å². The van der Waals surface area contributed by atoms with Gasteiger partial charge in [0.25, 0.3) is 23.2 Å². The van der Waals surface area contributed by atoms with E-state index in [2.05, 4.69) is 10.6 Å². The SMILES string of the molecule is Cc1ccc(C(=O)Nc2ccc(Oc3ccc(NC(=O)c4ccc(C)c([N+](=O)[O-])c4)cc3)cc2)cc1[N+](=O)[O-].